The lowest BCUT2D eigenvalue weighted by atomic mass is 10.1. The van der Waals surface area contributed by atoms with Gasteiger partial charge in [-0.2, -0.15) is 8.42 Å². The molecule has 22 heavy (non-hydrogen) atoms. The van der Waals surface area contributed by atoms with E-state index in [-0.39, 0.29) is 5.75 Å². The molecule has 5 heteroatoms. The van der Waals surface area contributed by atoms with Crippen LogP contribution in [0.1, 0.15) is 56.1 Å². The first-order valence-corrected chi connectivity index (χ1v) is 9.90. The molecule has 1 aromatic rings. The fourth-order valence-electron chi connectivity index (χ4n) is 3.07. The first-order chi connectivity index (χ1) is 10.5. The Kier molecular flexibility index (Phi) is 6.86. The van der Waals surface area contributed by atoms with Gasteiger partial charge in [-0.1, -0.05) is 56.4 Å². The summed E-state index contributed by atoms with van der Waals surface area (Å²) in [7, 11) is -3.76. The lowest BCUT2D eigenvalue weighted by Gasteiger charge is -2.14. The van der Waals surface area contributed by atoms with Gasteiger partial charge in [0.1, 0.15) is 0 Å². The second-order valence-corrected chi connectivity index (χ2v) is 7.81. The minimum atomic E-state index is -3.76. The van der Waals surface area contributed by atoms with Crippen molar-refractivity contribution in [1.29, 1.82) is 0 Å². The standard InChI is InChI=1S/C17H27NO3S/c19-22(20,21)13-9-5-3-1-2-4-8-12-18-14-16-10-6-7-11-17(16)15-18/h6-7,10-11H,1-5,8-9,12-15H2,(H,19,20,21). The second-order valence-electron chi connectivity index (χ2n) is 6.24. The van der Waals surface area contributed by atoms with Crippen molar-refractivity contribution in [3.63, 3.8) is 0 Å². The van der Waals surface area contributed by atoms with Crippen molar-refractivity contribution in [2.24, 2.45) is 0 Å². The van der Waals surface area contributed by atoms with E-state index in [2.05, 4.69) is 29.2 Å². The van der Waals surface area contributed by atoms with Gasteiger partial charge >= 0.3 is 0 Å². The van der Waals surface area contributed by atoms with Gasteiger partial charge in [-0.15, -0.1) is 0 Å². The number of hydrogen-bond donors (Lipinski definition) is 1. The Hall–Kier alpha value is -0.910. The zero-order chi connectivity index (χ0) is 15.8. The summed E-state index contributed by atoms with van der Waals surface area (Å²) in [4.78, 5) is 2.51. The molecule has 1 heterocycles. The quantitative estimate of drug-likeness (QED) is 0.527. The molecule has 0 unspecified atom stereocenters. The molecule has 0 atom stereocenters. The Morgan fingerprint density at radius 2 is 1.36 bits per heavy atom. The van der Waals surface area contributed by atoms with Gasteiger partial charge in [0, 0.05) is 13.1 Å². The van der Waals surface area contributed by atoms with E-state index in [4.69, 9.17) is 4.55 Å². The topological polar surface area (TPSA) is 57.6 Å². The highest BCUT2D eigenvalue weighted by atomic mass is 32.2. The van der Waals surface area contributed by atoms with Crippen LogP contribution in [0.2, 0.25) is 0 Å². The largest absolute Gasteiger partial charge is 0.295 e. The normalized spacial score (nSPS) is 15.1. The van der Waals surface area contributed by atoms with E-state index in [1.54, 1.807) is 0 Å². The molecule has 0 bridgehead atoms. The number of rotatable bonds is 10. The average molecular weight is 325 g/mol. The molecular weight excluding hydrogens is 298 g/mol. The number of hydrogen-bond acceptors (Lipinski definition) is 3. The highest BCUT2D eigenvalue weighted by molar-refractivity contribution is 7.85. The molecule has 4 nitrogen and oxygen atoms in total. The summed E-state index contributed by atoms with van der Waals surface area (Å²) in [5.74, 6) is -0.0947. The summed E-state index contributed by atoms with van der Waals surface area (Å²) < 4.78 is 29.8. The summed E-state index contributed by atoms with van der Waals surface area (Å²) in [6.45, 7) is 3.34. The molecule has 0 amide bonds. The molecule has 0 fully saturated rings. The Bertz CT molecular complexity index is 532. The van der Waals surface area contributed by atoms with Crippen LogP contribution in [0, 0.1) is 0 Å². The van der Waals surface area contributed by atoms with Crippen molar-refractivity contribution in [2.75, 3.05) is 12.3 Å². The van der Waals surface area contributed by atoms with Gasteiger partial charge in [0.25, 0.3) is 10.1 Å². The van der Waals surface area contributed by atoms with Gasteiger partial charge in [0.05, 0.1) is 5.75 Å². The Labute approximate surface area is 134 Å². The van der Waals surface area contributed by atoms with Crippen LogP contribution in [0.25, 0.3) is 0 Å². The molecule has 0 saturated carbocycles. The molecule has 1 aliphatic heterocycles. The van der Waals surface area contributed by atoms with E-state index >= 15 is 0 Å². The summed E-state index contributed by atoms with van der Waals surface area (Å²) in [6, 6.07) is 8.68. The molecule has 1 N–H and O–H groups in total. The number of nitrogens with zero attached hydrogens (tertiary/aromatic N) is 1. The minimum absolute atomic E-state index is 0.0947. The predicted octanol–water partition coefficient (Wildman–Crippen LogP) is 3.62. The van der Waals surface area contributed by atoms with Crippen LogP contribution in [-0.2, 0) is 23.2 Å². The van der Waals surface area contributed by atoms with Crippen molar-refractivity contribution in [1.82, 2.24) is 4.90 Å². The smallest absolute Gasteiger partial charge is 0.264 e. The van der Waals surface area contributed by atoms with Crippen molar-refractivity contribution < 1.29 is 13.0 Å². The van der Waals surface area contributed by atoms with Crippen LogP contribution in [0.5, 0.6) is 0 Å². The molecule has 2 rings (SSSR count). The minimum Gasteiger partial charge on any atom is -0.295 e. The maximum absolute atomic E-state index is 10.6. The SMILES string of the molecule is O=S(=O)(O)CCCCCCCCCN1Cc2ccccc2C1. The third-order valence-corrected chi connectivity index (χ3v) is 5.09. The highest BCUT2D eigenvalue weighted by Crippen LogP contribution is 2.22. The van der Waals surface area contributed by atoms with Crippen LogP contribution in [0.15, 0.2) is 24.3 Å². The van der Waals surface area contributed by atoms with Crippen LogP contribution in [0.3, 0.4) is 0 Å². The Morgan fingerprint density at radius 3 is 1.91 bits per heavy atom. The van der Waals surface area contributed by atoms with Crippen LogP contribution < -0.4 is 0 Å². The summed E-state index contributed by atoms with van der Waals surface area (Å²) >= 11 is 0. The maximum Gasteiger partial charge on any atom is 0.264 e. The average Bonchev–Trinajstić information content (AvgIpc) is 2.87. The maximum atomic E-state index is 10.6. The Balaban J connectivity index is 1.44. The van der Waals surface area contributed by atoms with E-state index in [9.17, 15) is 8.42 Å². The van der Waals surface area contributed by atoms with Crippen molar-refractivity contribution >= 4 is 10.1 Å². The van der Waals surface area contributed by atoms with Crippen LogP contribution in [-0.4, -0.2) is 30.2 Å². The van der Waals surface area contributed by atoms with E-state index in [0.717, 1.165) is 38.9 Å². The first-order valence-electron chi connectivity index (χ1n) is 8.29. The fourth-order valence-corrected chi connectivity index (χ4v) is 3.63. The van der Waals surface area contributed by atoms with E-state index in [1.807, 2.05) is 0 Å². The van der Waals surface area contributed by atoms with Crippen LogP contribution >= 0.6 is 0 Å². The van der Waals surface area contributed by atoms with Gasteiger partial charge in [0.15, 0.2) is 0 Å². The van der Waals surface area contributed by atoms with Gasteiger partial charge in [-0.05, 0) is 30.5 Å². The van der Waals surface area contributed by atoms with Gasteiger partial charge in [0.2, 0.25) is 0 Å². The highest BCUT2D eigenvalue weighted by Gasteiger charge is 2.16. The lowest BCUT2D eigenvalue weighted by molar-refractivity contribution is 0.276. The third-order valence-electron chi connectivity index (χ3n) is 4.28. The lowest BCUT2D eigenvalue weighted by Crippen LogP contribution is -2.17. The van der Waals surface area contributed by atoms with Crippen molar-refractivity contribution in [3.05, 3.63) is 35.4 Å². The molecule has 124 valence electrons. The summed E-state index contributed by atoms with van der Waals surface area (Å²) in [6.07, 6.45) is 7.37. The molecule has 0 spiro atoms. The summed E-state index contributed by atoms with van der Waals surface area (Å²) in [5.41, 5.74) is 2.95. The first kappa shape index (κ1) is 17.4. The molecule has 0 radical (unpaired) electrons. The fraction of sp³-hybridized carbons (Fsp3) is 0.647. The van der Waals surface area contributed by atoms with Crippen molar-refractivity contribution in [2.45, 2.75) is 58.0 Å². The zero-order valence-corrected chi connectivity index (χ0v) is 14.0. The molecule has 0 aromatic heterocycles. The predicted molar refractivity (Wildman–Crippen MR) is 89.3 cm³/mol. The molecular formula is C17H27NO3S. The van der Waals surface area contributed by atoms with E-state index < -0.39 is 10.1 Å². The number of fused-ring (bicyclic) bond motifs is 1. The molecule has 1 aromatic carbocycles. The third kappa shape index (κ3) is 6.46. The van der Waals surface area contributed by atoms with Gasteiger partial charge in [-0.3, -0.25) is 9.45 Å². The summed E-state index contributed by atoms with van der Waals surface area (Å²) in [5, 5.41) is 0. The number of unbranched alkanes of at least 4 members (excludes halogenated alkanes) is 6. The van der Waals surface area contributed by atoms with E-state index in [0.29, 0.717) is 6.42 Å². The van der Waals surface area contributed by atoms with Crippen molar-refractivity contribution in [3.8, 4) is 0 Å². The second kappa shape index (κ2) is 8.65. The Morgan fingerprint density at radius 1 is 0.864 bits per heavy atom. The number of benzene rings is 1. The van der Waals surface area contributed by atoms with Gasteiger partial charge in [-0.25, -0.2) is 0 Å². The zero-order valence-electron chi connectivity index (χ0n) is 13.2. The van der Waals surface area contributed by atoms with E-state index in [1.165, 1.54) is 30.4 Å². The monoisotopic (exact) mass is 325 g/mol. The van der Waals surface area contributed by atoms with Gasteiger partial charge < -0.3 is 0 Å². The molecule has 0 aliphatic carbocycles. The molecule has 0 saturated heterocycles. The van der Waals surface area contributed by atoms with Crippen LogP contribution in [0.4, 0.5) is 0 Å². The molecule has 1 aliphatic rings.